The first-order valence-corrected chi connectivity index (χ1v) is 6.20. The highest BCUT2D eigenvalue weighted by Gasteiger charge is 2.08. The van der Waals surface area contributed by atoms with Gasteiger partial charge in [-0.25, -0.2) is 4.79 Å². The van der Waals surface area contributed by atoms with E-state index in [1.165, 1.54) is 0 Å². The molecule has 6 nitrogen and oxygen atoms in total. The van der Waals surface area contributed by atoms with Crippen LogP contribution >= 0.6 is 11.6 Å². The quantitative estimate of drug-likeness (QED) is 0.890. The van der Waals surface area contributed by atoms with Gasteiger partial charge < -0.3 is 5.32 Å². The lowest BCUT2D eigenvalue weighted by Crippen LogP contribution is -2.33. The number of aromatic amines is 1. The van der Waals surface area contributed by atoms with Gasteiger partial charge in [0.25, 0.3) is 5.56 Å². The van der Waals surface area contributed by atoms with Crippen LogP contribution in [0, 0.1) is 6.92 Å². The van der Waals surface area contributed by atoms with Gasteiger partial charge in [-0.15, -0.1) is 0 Å². The van der Waals surface area contributed by atoms with E-state index in [2.05, 4.69) is 5.32 Å². The minimum atomic E-state index is -0.681. The summed E-state index contributed by atoms with van der Waals surface area (Å²) in [4.78, 5) is 36.5. The summed E-state index contributed by atoms with van der Waals surface area (Å²) in [5.74, 6) is -0.385. The monoisotopic (exact) mass is 293 g/mol. The number of benzene rings is 1. The number of amides is 1. The second-order valence-electron chi connectivity index (χ2n) is 4.23. The molecule has 0 spiro atoms. The fourth-order valence-electron chi connectivity index (χ4n) is 1.66. The third-order valence-electron chi connectivity index (χ3n) is 2.70. The summed E-state index contributed by atoms with van der Waals surface area (Å²) in [5, 5.41) is 2.54. The van der Waals surface area contributed by atoms with Crippen molar-refractivity contribution in [3.05, 3.63) is 61.9 Å². The first-order chi connectivity index (χ1) is 9.47. The Bertz CT molecular complexity index is 764. The van der Waals surface area contributed by atoms with Crippen molar-refractivity contribution < 1.29 is 4.79 Å². The summed E-state index contributed by atoms with van der Waals surface area (Å²) in [5.41, 5.74) is 0.223. The van der Waals surface area contributed by atoms with Crippen LogP contribution in [0.15, 0.2) is 40.1 Å². The van der Waals surface area contributed by atoms with Crippen LogP contribution in [0.1, 0.15) is 5.56 Å². The average molecular weight is 294 g/mol. The summed E-state index contributed by atoms with van der Waals surface area (Å²) in [6.07, 6.45) is 1.14. The molecule has 0 aliphatic heterocycles. The number of aromatic nitrogens is 2. The molecule has 7 heteroatoms. The molecule has 1 aromatic carbocycles. The van der Waals surface area contributed by atoms with Gasteiger partial charge in [0.05, 0.1) is 0 Å². The van der Waals surface area contributed by atoms with Gasteiger partial charge in [-0.1, -0.05) is 29.8 Å². The molecule has 0 aliphatic rings. The van der Waals surface area contributed by atoms with Crippen LogP contribution in [0.5, 0.6) is 0 Å². The number of halogens is 1. The highest BCUT2D eigenvalue weighted by Crippen LogP contribution is 2.12. The van der Waals surface area contributed by atoms with Crippen LogP contribution in [-0.2, 0) is 11.3 Å². The predicted molar refractivity (Wildman–Crippen MR) is 76.1 cm³/mol. The molecule has 1 heterocycles. The Morgan fingerprint density at radius 2 is 2.05 bits per heavy atom. The lowest BCUT2D eigenvalue weighted by atomic mass is 10.2. The predicted octanol–water partition coefficient (Wildman–Crippen LogP) is 1.14. The number of nitrogens with one attached hydrogen (secondary N) is 2. The highest BCUT2D eigenvalue weighted by atomic mass is 35.5. The van der Waals surface area contributed by atoms with Crippen LogP contribution in [0.25, 0.3) is 0 Å². The van der Waals surface area contributed by atoms with Gasteiger partial charge in [-0.05, 0) is 18.6 Å². The van der Waals surface area contributed by atoms with Crippen LogP contribution in [0.4, 0.5) is 5.69 Å². The van der Waals surface area contributed by atoms with Crippen molar-refractivity contribution in [1.29, 1.82) is 0 Å². The van der Waals surface area contributed by atoms with Gasteiger partial charge >= 0.3 is 5.69 Å². The molecule has 0 atom stereocenters. The SMILES string of the molecule is Cc1ccccc1NC(=O)Cn1cc(Cl)c(=O)[nH]c1=O. The third kappa shape index (κ3) is 3.16. The van der Waals surface area contributed by atoms with Crippen LogP contribution < -0.4 is 16.6 Å². The zero-order valence-corrected chi connectivity index (χ0v) is 11.4. The highest BCUT2D eigenvalue weighted by molar-refractivity contribution is 6.30. The number of carbonyl (C=O) groups is 1. The number of carbonyl (C=O) groups excluding carboxylic acids is 1. The smallest absolute Gasteiger partial charge is 0.324 e. The Morgan fingerprint density at radius 3 is 2.75 bits per heavy atom. The van der Waals surface area contributed by atoms with E-state index in [9.17, 15) is 14.4 Å². The fourth-order valence-corrected chi connectivity index (χ4v) is 1.82. The number of aryl methyl sites for hydroxylation is 1. The molecule has 1 aromatic heterocycles. The van der Waals surface area contributed by atoms with Crippen molar-refractivity contribution in [2.45, 2.75) is 13.5 Å². The van der Waals surface area contributed by atoms with Gasteiger partial charge in [0, 0.05) is 11.9 Å². The molecule has 1 amide bonds. The Kier molecular flexibility index (Phi) is 4.05. The fraction of sp³-hybridized carbons (Fsp3) is 0.154. The number of rotatable bonds is 3. The molecule has 0 aliphatic carbocycles. The number of H-pyrrole nitrogens is 1. The second kappa shape index (κ2) is 5.75. The standard InChI is InChI=1S/C13H12ClN3O3/c1-8-4-2-3-5-10(8)15-11(18)7-17-6-9(14)12(19)16-13(17)20/h2-6H,7H2,1H3,(H,15,18)(H,16,19,20). The van der Waals surface area contributed by atoms with Crippen LogP contribution in [-0.4, -0.2) is 15.5 Å². The number of hydrogen-bond acceptors (Lipinski definition) is 3. The van der Waals surface area contributed by atoms with E-state index in [-0.39, 0.29) is 17.5 Å². The van der Waals surface area contributed by atoms with E-state index in [1.807, 2.05) is 24.0 Å². The molecule has 2 aromatic rings. The molecule has 104 valence electrons. The topological polar surface area (TPSA) is 84.0 Å². The number of hydrogen-bond donors (Lipinski definition) is 2. The second-order valence-corrected chi connectivity index (χ2v) is 4.63. The Balaban J connectivity index is 2.17. The number of nitrogens with zero attached hydrogens (tertiary/aromatic N) is 1. The summed E-state index contributed by atoms with van der Waals surface area (Å²) in [7, 11) is 0. The maximum absolute atomic E-state index is 11.9. The molecule has 20 heavy (non-hydrogen) atoms. The molecular weight excluding hydrogens is 282 g/mol. The van der Waals surface area contributed by atoms with E-state index >= 15 is 0 Å². The summed E-state index contributed by atoms with van der Waals surface area (Å²) < 4.78 is 1.04. The van der Waals surface area contributed by atoms with Gasteiger partial charge in [0.15, 0.2) is 0 Å². The van der Waals surface area contributed by atoms with Crippen LogP contribution in [0.2, 0.25) is 5.02 Å². The molecule has 0 radical (unpaired) electrons. The Hall–Kier alpha value is -2.34. The zero-order chi connectivity index (χ0) is 14.7. The van der Waals surface area contributed by atoms with E-state index in [4.69, 9.17) is 11.6 Å². The van der Waals surface area contributed by atoms with Gasteiger partial charge in [0.2, 0.25) is 5.91 Å². The first kappa shape index (κ1) is 14.1. The largest absolute Gasteiger partial charge is 0.328 e. The minimum absolute atomic E-state index is 0.145. The normalized spacial score (nSPS) is 10.3. The number of para-hydroxylation sites is 1. The zero-order valence-electron chi connectivity index (χ0n) is 10.6. The van der Waals surface area contributed by atoms with E-state index in [0.717, 1.165) is 16.3 Å². The first-order valence-electron chi connectivity index (χ1n) is 5.82. The summed E-state index contributed by atoms with van der Waals surface area (Å²) >= 11 is 5.62. The molecule has 0 saturated heterocycles. The van der Waals surface area contributed by atoms with E-state index in [1.54, 1.807) is 12.1 Å². The van der Waals surface area contributed by atoms with Crippen molar-refractivity contribution in [3.63, 3.8) is 0 Å². The third-order valence-corrected chi connectivity index (χ3v) is 2.97. The van der Waals surface area contributed by atoms with E-state index in [0.29, 0.717) is 5.69 Å². The van der Waals surface area contributed by atoms with Crippen molar-refractivity contribution in [2.75, 3.05) is 5.32 Å². The molecular formula is C13H12ClN3O3. The lowest BCUT2D eigenvalue weighted by molar-refractivity contribution is -0.116. The molecule has 0 saturated carbocycles. The minimum Gasteiger partial charge on any atom is -0.324 e. The summed E-state index contributed by atoms with van der Waals surface area (Å²) in [6, 6.07) is 7.28. The van der Waals surface area contributed by atoms with E-state index < -0.39 is 11.2 Å². The number of anilines is 1. The molecule has 2 N–H and O–H groups in total. The molecule has 2 rings (SSSR count). The van der Waals surface area contributed by atoms with Gasteiger partial charge in [0.1, 0.15) is 11.6 Å². The van der Waals surface area contributed by atoms with Crippen molar-refractivity contribution in [3.8, 4) is 0 Å². The lowest BCUT2D eigenvalue weighted by Gasteiger charge is -2.09. The maximum atomic E-state index is 11.9. The van der Waals surface area contributed by atoms with Gasteiger partial charge in [-0.2, -0.15) is 0 Å². The Morgan fingerprint density at radius 1 is 1.35 bits per heavy atom. The molecule has 0 bridgehead atoms. The molecule has 0 unspecified atom stereocenters. The van der Waals surface area contributed by atoms with Crippen molar-refractivity contribution in [1.82, 2.24) is 9.55 Å². The van der Waals surface area contributed by atoms with Crippen molar-refractivity contribution >= 4 is 23.2 Å². The van der Waals surface area contributed by atoms with Crippen LogP contribution in [0.3, 0.4) is 0 Å². The molecule has 0 fully saturated rings. The van der Waals surface area contributed by atoms with Gasteiger partial charge in [-0.3, -0.25) is 19.1 Å². The van der Waals surface area contributed by atoms with Crippen molar-refractivity contribution in [2.24, 2.45) is 0 Å². The maximum Gasteiger partial charge on any atom is 0.328 e. The summed E-state index contributed by atoms with van der Waals surface area (Å²) in [6.45, 7) is 1.63. The Labute approximate surface area is 119 Å². The average Bonchev–Trinajstić information content (AvgIpc) is 2.39.